The molecule has 132 valence electrons. The SMILES string of the molecule is CC(C)(C)OCCO[P+](CCC#N)(c1ccccc1)c1ccccc1. The van der Waals surface area contributed by atoms with Gasteiger partial charge in [-0.05, 0) is 45.0 Å². The van der Waals surface area contributed by atoms with Crippen molar-refractivity contribution in [1.29, 1.82) is 5.26 Å². The van der Waals surface area contributed by atoms with Gasteiger partial charge < -0.3 is 4.74 Å². The zero-order valence-electron chi connectivity index (χ0n) is 15.3. The number of hydrogen-bond donors (Lipinski definition) is 0. The third kappa shape index (κ3) is 5.65. The van der Waals surface area contributed by atoms with E-state index in [1.54, 1.807) is 0 Å². The molecule has 0 heterocycles. The molecule has 2 rings (SSSR count). The molecule has 0 saturated carbocycles. The summed E-state index contributed by atoms with van der Waals surface area (Å²) in [5.74, 6) is 0. The monoisotopic (exact) mass is 356 g/mol. The number of hydrogen-bond acceptors (Lipinski definition) is 3. The van der Waals surface area contributed by atoms with Crippen LogP contribution in [0.2, 0.25) is 0 Å². The van der Waals surface area contributed by atoms with Gasteiger partial charge in [-0.25, -0.2) is 4.52 Å². The molecule has 0 bridgehead atoms. The van der Waals surface area contributed by atoms with Crippen molar-refractivity contribution in [2.24, 2.45) is 0 Å². The summed E-state index contributed by atoms with van der Waals surface area (Å²) in [4.78, 5) is 0. The predicted molar refractivity (Wildman–Crippen MR) is 106 cm³/mol. The molecule has 0 aliphatic heterocycles. The summed E-state index contributed by atoms with van der Waals surface area (Å²) in [6.45, 7) is 7.18. The molecule has 0 aliphatic rings. The highest BCUT2D eigenvalue weighted by Crippen LogP contribution is 2.57. The van der Waals surface area contributed by atoms with Gasteiger partial charge in [0, 0.05) is 0 Å². The second kappa shape index (κ2) is 9.11. The first-order valence-corrected chi connectivity index (χ1v) is 10.5. The lowest BCUT2D eigenvalue weighted by Crippen LogP contribution is -2.29. The lowest BCUT2D eigenvalue weighted by Gasteiger charge is -2.26. The molecule has 2 aromatic rings. The average molecular weight is 356 g/mol. The molecule has 25 heavy (non-hydrogen) atoms. The van der Waals surface area contributed by atoms with Crippen LogP contribution in [0.5, 0.6) is 0 Å². The standard InChI is InChI=1S/C21H27NO2P/c1-21(2,3)23-16-17-24-25(18-10-15-22,19-11-6-4-7-12-19)20-13-8-5-9-14-20/h4-9,11-14H,10,16-18H2,1-3H3/q+1. The van der Waals surface area contributed by atoms with E-state index >= 15 is 0 Å². The van der Waals surface area contributed by atoms with E-state index in [0.29, 0.717) is 25.8 Å². The molecular weight excluding hydrogens is 329 g/mol. The molecule has 4 heteroatoms. The second-order valence-corrected chi connectivity index (χ2v) is 10.1. The first kappa shape index (κ1) is 19.6. The number of ether oxygens (including phenoxy) is 1. The van der Waals surface area contributed by atoms with Crippen LogP contribution in [0, 0.1) is 11.3 Å². The summed E-state index contributed by atoms with van der Waals surface area (Å²) >= 11 is 0. The fourth-order valence-electron chi connectivity index (χ4n) is 2.71. The highest BCUT2D eigenvalue weighted by Gasteiger charge is 2.44. The highest BCUT2D eigenvalue weighted by molar-refractivity contribution is 7.85. The third-order valence-electron chi connectivity index (χ3n) is 3.82. The van der Waals surface area contributed by atoms with E-state index in [1.807, 2.05) is 57.2 Å². The van der Waals surface area contributed by atoms with Crippen molar-refractivity contribution in [2.45, 2.75) is 32.8 Å². The summed E-state index contributed by atoms with van der Waals surface area (Å²) in [6, 6.07) is 22.9. The van der Waals surface area contributed by atoms with Crippen LogP contribution in [-0.4, -0.2) is 25.0 Å². The minimum Gasteiger partial charge on any atom is -0.373 e. The van der Waals surface area contributed by atoms with Gasteiger partial charge in [0.2, 0.25) is 7.49 Å². The van der Waals surface area contributed by atoms with Crippen molar-refractivity contribution in [3.05, 3.63) is 60.7 Å². The lowest BCUT2D eigenvalue weighted by molar-refractivity contribution is -0.0152. The van der Waals surface area contributed by atoms with Crippen LogP contribution in [0.1, 0.15) is 27.2 Å². The first-order valence-electron chi connectivity index (χ1n) is 8.63. The Balaban J connectivity index is 2.32. The zero-order valence-corrected chi connectivity index (χ0v) is 16.2. The van der Waals surface area contributed by atoms with Crippen LogP contribution in [0.3, 0.4) is 0 Å². The zero-order chi connectivity index (χ0) is 18.2. The average Bonchev–Trinajstić information content (AvgIpc) is 2.62. The van der Waals surface area contributed by atoms with Crippen molar-refractivity contribution in [1.82, 2.24) is 0 Å². The maximum atomic E-state index is 9.19. The number of nitrogens with zero attached hydrogens (tertiary/aromatic N) is 1. The molecule has 0 aromatic heterocycles. The van der Waals surface area contributed by atoms with Crippen LogP contribution in [0.4, 0.5) is 0 Å². The first-order chi connectivity index (χ1) is 12.0. The fraction of sp³-hybridized carbons (Fsp3) is 0.381. The van der Waals surface area contributed by atoms with Gasteiger partial charge in [-0.2, -0.15) is 5.26 Å². The summed E-state index contributed by atoms with van der Waals surface area (Å²) < 4.78 is 12.4. The largest absolute Gasteiger partial charge is 0.373 e. The number of rotatable bonds is 8. The van der Waals surface area contributed by atoms with Gasteiger partial charge in [0.25, 0.3) is 0 Å². The molecule has 0 spiro atoms. The molecule has 3 nitrogen and oxygen atoms in total. The van der Waals surface area contributed by atoms with Crippen molar-refractivity contribution < 1.29 is 9.26 Å². The van der Waals surface area contributed by atoms with Gasteiger partial charge in [-0.3, -0.25) is 0 Å². The Bertz CT molecular complexity index is 635. The third-order valence-corrected chi connectivity index (χ3v) is 7.56. The molecule has 2 aromatic carbocycles. The molecule has 0 saturated heterocycles. The van der Waals surface area contributed by atoms with Crippen molar-refractivity contribution in [3.8, 4) is 6.07 Å². The minimum absolute atomic E-state index is 0.184. The molecule has 0 N–H and O–H groups in total. The van der Waals surface area contributed by atoms with E-state index in [4.69, 9.17) is 9.26 Å². The Kier molecular flexibility index (Phi) is 7.14. The molecule has 0 fully saturated rings. The minimum atomic E-state index is -2.10. The van der Waals surface area contributed by atoms with Crippen LogP contribution in [-0.2, 0) is 9.26 Å². The molecule has 0 radical (unpaired) electrons. The highest BCUT2D eigenvalue weighted by atomic mass is 31.2. The van der Waals surface area contributed by atoms with Gasteiger partial charge in [-0.15, -0.1) is 0 Å². The van der Waals surface area contributed by atoms with Gasteiger partial charge in [0.15, 0.2) is 0 Å². The van der Waals surface area contributed by atoms with E-state index in [2.05, 4.69) is 30.3 Å². The summed E-state index contributed by atoms with van der Waals surface area (Å²) in [5.41, 5.74) is -0.184. The van der Waals surface area contributed by atoms with Gasteiger partial charge in [0.1, 0.15) is 23.4 Å². The Morgan fingerprint density at radius 1 is 0.880 bits per heavy atom. The molecular formula is C21H27NO2P+. The number of benzene rings is 2. The molecule has 0 aliphatic carbocycles. The second-order valence-electron chi connectivity index (χ2n) is 6.84. The van der Waals surface area contributed by atoms with E-state index in [9.17, 15) is 5.26 Å². The van der Waals surface area contributed by atoms with E-state index < -0.39 is 7.49 Å². The Labute approximate surface area is 152 Å². The lowest BCUT2D eigenvalue weighted by atomic mass is 10.2. The van der Waals surface area contributed by atoms with E-state index in [1.165, 1.54) is 10.6 Å². The topological polar surface area (TPSA) is 42.2 Å². The Morgan fingerprint density at radius 3 is 1.84 bits per heavy atom. The maximum absolute atomic E-state index is 9.19. The fourth-order valence-corrected chi connectivity index (χ4v) is 6.06. The van der Waals surface area contributed by atoms with Crippen molar-refractivity contribution >= 4 is 18.1 Å². The van der Waals surface area contributed by atoms with Crippen LogP contribution < -0.4 is 10.6 Å². The van der Waals surface area contributed by atoms with Crippen molar-refractivity contribution in [2.75, 3.05) is 19.4 Å². The molecule has 0 unspecified atom stereocenters. The summed E-state index contributed by atoms with van der Waals surface area (Å²) in [6.07, 6.45) is 1.19. The van der Waals surface area contributed by atoms with Gasteiger partial charge in [-0.1, -0.05) is 36.4 Å². The number of nitriles is 1. The molecule has 0 amide bonds. The predicted octanol–water partition coefficient (Wildman–Crippen LogP) is 4.32. The van der Waals surface area contributed by atoms with E-state index in [0.717, 1.165) is 0 Å². The van der Waals surface area contributed by atoms with Crippen molar-refractivity contribution in [3.63, 3.8) is 0 Å². The molecule has 0 atom stereocenters. The van der Waals surface area contributed by atoms with Crippen LogP contribution >= 0.6 is 7.49 Å². The van der Waals surface area contributed by atoms with Gasteiger partial charge in [0.05, 0.1) is 24.7 Å². The Hall–Kier alpha value is -1.72. The quantitative estimate of drug-likeness (QED) is 0.523. The normalized spacial score (nSPS) is 11.9. The van der Waals surface area contributed by atoms with E-state index in [-0.39, 0.29) is 5.60 Å². The summed E-state index contributed by atoms with van der Waals surface area (Å²) in [7, 11) is -2.10. The summed E-state index contributed by atoms with van der Waals surface area (Å²) in [5, 5.41) is 11.5. The smallest absolute Gasteiger partial charge is 0.211 e. The van der Waals surface area contributed by atoms with Crippen LogP contribution in [0.25, 0.3) is 0 Å². The van der Waals surface area contributed by atoms with Crippen LogP contribution in [0.15, 0.2) is 60.7 Å². The maximum Gasteiger partial charge on any atom is 0.211 e. The van der Waals surface area contributed by atoms with Gasteiger partial charge >= 0.3 is 0 Å². The Morgan fingerprint density at radius 2 is 1.40 bits per heavy atom.